The van der Waals surface area contributed by atoms with Gasteiger partial charge in [0.2, 0.25) is 0 Å². The van der Waals surface area contributed by atoms with Crippen molar-refractivity contribution < 1.29 is 5.11 Å². The molecule has 2 nitrogen and oxygen atoms in total. The first kappa shape index (κ1) is 11.9. The number of terminal acetylenes is 1. The fourth-order valence-corrected chi connectivity index (χ4v) is 1.65. The predicted octanol–water partition coefficient (Wildman–Crippen LogP) is 2.46. The van der Waals surface area contributed by atoms with Gasteiger partial charge in [-0.05, 0) is 24.6 Å². The molecule has 0 fully saturated rings. The zero-order valence-corrected chi connectivity index (χ0v) is 9.62. The standard InChI is InChI=1S/C12H14ClNO/c1-4-7-14(3)12-6-5-10(9(2)15)8-11(12)13/h1,5-6,8-9,15H,7H2,2-3H3/t9-/m1/s1. The molecule has 0 bridgehead atoms. The molecular formula is C12H14ClNO. The third-order valence-electron chi connectivity index (χ3n) is 2.19. The van der Waals surface area contributed by atoms with Crippen LogP contribution in [0.3, 0.4) is 0 Å². The molecule has 0 unspecified atom stereocenters. The van der Waals surface area contributed by atoms with E-state index in [2.05, 4.69) is 5.92 Å². The lowest BCUT2D eigenvalue weighted by molar-refractivity contribution is 0.199. The van der Waals surface area contributed by atoms with Gasteiger partial charge in [0.1, 0.15) is 0 Å². The van der Waals surface area contributed by atoms with Crippen LogP contribution in [-0.2, 0) is 0 Å². The third-order valence-corrected chi connectivity index (χ3v) is 2.50. The van der Waals surface area contributed by atoms with E-state index in [0.717, 1.165) is 11.3 Å². The molecule has 3 heteroatoms. The number of anilines is 1. The lowest BCUT2D eigenvalue weighted by Gasteiger charge is -2.18. The smallest absolute Gasteiger partial charge is 0.0788 e. The Morgan fingerprint density at radius 1 is 1.60 bits per heavy atom. The van der Waals surface area contributed by atoms with E-state index in [1.54, 1.807) is 13.0 Å². The van der Waals surface area contributed by atoms with Crippen LogP contribution in [0.1, 0.15) is 18.6 Å². The number of halogens is 1. The highest BCUT2D eigenvalue weighted by Crippen LogP contribution is 2.28. The Morgan fingerprint density at radius 3 is 2.73 bits per heavy atom. The number of aliphatic hydroxyl groups is 1. The number of benzene rings is 1. The first-order valence-electron chi connectivity index (χ1n) is 4.68. The highest BCUT2D eigenvalue weighted by molar-refractivity contribution is 6.33. The van der Waals surface area contributed by atoms with E-state index in [1.807, 2.05) is 24.1 Å². The lowest BCUT2D eigenvalue weighted by Crippen LogP contribution is -2.17. The quantitative estimate of drug-likeness (QED) is 0.796. The van der Waals surface area contributed by atoms with E-state index in [4.69, 9.17) is 18.0 Å². The summed E-state index contributed by atoms with van der Waals surface area (Å²) < 4.78 is 0. The molecule has 80 valence electrons. The van der Waals surface area contributed by atoms with E-state index >= 15 is 0 Å². The Bertz CT molecular complexity index is 382. The molecule has 0 aliphatic heterocycles. The van der Waals surface area contributed by atoms with Crippen molar-refractivity contribution >= 4 is 17.3 Å². The van der Waals surface area contributed by atoms with E-state index in [9.17, 15) is 5.11 Å². The fourth-order valence-electron chi connectivity index (χ4n) is 1.31. The van der Waals surface area contributed by atoms with Crippen LogP contribution in [0.4, 0.5) is 5.69 Å². The van der Waals surface area contributed by atoms with E-state index < -0.39 is 6.10 Å². The van der Waals surface area contributed by atoms with Crippen molar-refractivity contribution in [3.63, 3.8) is 0 Å². The van der Waals surface area contributed by atoms with Gasteiger partial charge in [0.25, 0.3) is 0 Å². The van der Waals surface area contributed by atoms with Crippen molar-refractivity contribution in [3.05, 3.63) is 28.8 Å². The zero-order valence-electron chi connectivity index (χ0n) is 8.87. The van der Waals surface area contributed by atoms with Crippen molar-refractivity contribution in [1.29, 1.82) is 0 Å². The maximum absolute atomic E-state index is 9.38. The van der Waals surface area contributed by atoms with E-state index in [1.165, 1.54) is 0 Å². The maximum Gasteiger partial charge on any atom is 0.0788 e. The summed E-state index contributed by atoms with van der Waals surface area (Å²) >= 11 is 6.08. The maximum atomic E-state index is 9.38. The van der Waals surface area contributed by atoms with E-state index in [0.29, 0.717) is 11.6 Å². The molecule has 0 spiro atoms. The molecule has 0 aliphatic carbocycles. The first-order valence-corrected chi connectivity index (χ1v) is 5.06. The van der Waals surface area contributed by atoms with Gasteiger partial charge in [-0.3, -0.25) is 0 Å². The molecule has 15 heavy (non-hydrogen) atoms. The minimum atomic E-state index is -0.505. The summed E-state index contributed by atoms with van der Waals surface area (Å²) in [6.07, 6.45) is 4.72. The summed E-state index contributed by atoms with van der Waals surface area (Å²) in [6.45, 7) is 2.21. The van der Waals surface area contributed by atoms with Gasteiger partial charge >= 0.3 is 0 Å². The van der Waals surface area contributed by atoms with Crippen LogP contribution in [-0.4, -0.2) is 18.7 Å². The topological polar surface area (TPSA) is 23.5 Å². The SMILES string of the molecule is C#CCN(C)c1ccc([C@@H](C)O)cc1Cl. The largest absolute Gasteiger partial charge is 0.389 e. The van der Waals surface area contributed by atoms with Gasteiger partial charge in [0.15, 0.2) is 0 Å². The van der Waals surface area contributed by atoms with Gasteiger partial charge < -0.3 is 10.0 Å². The number of aliphatic hydroxyl groups excluding tert-OH is 1. The summed E-state index contributed by atoms with van der Waals surface area (Å²) in [5.74, 6) is 2.55. The average Bonchev–Trinajstić information content (AvgIpc) is 2.17. The summed E-state index contributed by atoms with van der Waals surface area (Å²) in [5.41, 5.74) is 1.68. The minimum absolute atomic E-state index is 0.505. The molecule has 0 saturated carbocycles. The second-order valence-corrected chi connectivity index (χ2v) is 3.85. The van der Waals surface area contributed by atoms with Crippen molar-refractivity contribution in [2.45, 2.75) is 13.0 Å². The molecule has 1 N–H and O–H groups in total. The second-order valence-electron chi connectivity index (χ2n) is 3.45. The molecular weight excluding hydrogens is 210 g/mol. The summed E-state index contributed by atoms with van der Waals surface area (Å²) in [7, 11) is 1.88. The molecule has 0 saturated heterocycles. The number of hydrogen-bond acceptors (Lipinski definition) is 2. The lowest BCUT2D eigenvalue weighted by atomic mass is 10.1. The van der Waals surface area contributed by atoms with Gasteiger partial charge in [0.05, 0.1) is 23.4 Å². The van der Waals surface area contributed by atoms with Crippen LogP contribution in [0.2, 0.25) is 5.02 Å². The Hall–Kier alpha value is -1.17. The molecule has 0 aliphatic rings. The Morgan fingerprint density at radius 2 is 2.27 bits per heavy atom. The Balaban J connectivity index is 2.98. The van der Waals surface area contributed by atoms with Crippen molar-refractivity contribution in [2.75, 3.05) is 18.5 Å². The molecule has 1 rings (SSSR count). The van der Waals surface area contributed by atoms with Crippen molar-refractivity contribution in [1.82, 2.24) is 0 Å². The zero-order chi connectivity index (χ0) is 11.4. The van der Waals surface area contributed by atoms with Gasteiger partial charge in [-0.2, -0.15) is 0 Å². The number of rotatable bonds is 3. The first-order chi connectivity index (χ1) is 7.06. The Labute approximate surface area is 95.5 Å². The highest BCUT2D eigenvalue weighted by atomic mass is 35.5. The Kier molecular flexibility index (Phi) is 4.02. The van der Waals surface area contributed by atoms with Crippen LogP contribution in [0.15, 0.2) is 18.2 Å². The summed E-state index contributed by atoms with van der Waals surface area (Å²) in [4.78, 5) is 1.88. The monoisotopic (exact) mass is 223 g/mol. The second kappa shape index (κ2) is 5.06. The third kappa shape index (κ3) is 2.89. The summed E-state index contributed by atoms with van der Waals surface area (Å²) in [6, 6.07) is 5.47. The molecule has 0 aromatic heterocycles. The normalized spacial score (nSPS) is 11.9. The molecule has 0 amide bonds. The van der Waals surface area contributed by atoms with Crippen LogP contribution >= 0.6 is 11.6 Å². The number of nitrogens with zero attached hydrogens (tertiary/aromatic N) is 1. The van der Waals surface area contributed by atoms with Crippen LogP contribution in [0.25, 0.3) is 0 Å². The molecule has 1 aromatic carbocycles. The molecule has 1 atom stereocenters. The highest BCUT2D eigenvalue weighted by Gasteiger charge is 2.08. The van der Waals surface area contributed by atoms with Crippen LogP contribution in [0.5, 0.6) is 0 Å². The van der Waals surface area contributed by atoms with Crippen molar-refractivity contribution in [3.8, 4) is 12.3 Å². The fraction of sp³-hybridized carbons (Fsp3) is 0.333. The number of hydrogen-bond donors (Lipinski definition) is 1. The van der Waals surface area contributed by atoms with Crippen LogP contribution < -0.4 is 4.90 Å². The van der Waals surface area contributed by atoms with Gasteiger partial charge in [-0.1, -0.05) is 23.6 Å². The molecule has 0 radical (unpaired) electrons. The predicted molar refractivity (Wildman–Crippen MR) is 64.2 cm³/mol. The molecule has 1 aromatic rings. The van der Waals surface area contributed by atoms with Gasteiger partial charge in [0, 0.05) is 7.05 Å². The summed E-state index contributed by atoms with van der Waals surface area (Å²) in [5, 5.41) is 9.98. The minimum Gasteiger partial charge on any atom is -0.389 e. The van der Waals surface area contributed by atoms with Gasteiger partial charge in [-0.25, -0.2) is 0 Å². The van der Waals surface area contributed by atoms with Crippen molar-refractivity contribution in [2.24, 2.45) is 0 Å². The average molecular weight is 224 g/mol. The van der Waals surface area contributed by atoms with E-state index in [-0.39, 0.29) is 0 Å². The van der Waals surface area contributed by atoms with Gasteiger partial charge in [-0.15, -0.1) is 6.42 Å². The van der Waals surface area contributed by atoms with Crippen LogP contribution in [0, 0.1) is 12.3 Å². The molecule has 0 heterocycles.